The summed E-state index contributed by atoms with van der Waals surface area (Å²) in [6.07, 6.45) is 0.263. The molecule has 2 unspecified atom stereocenters. The minimum absolute atomic E-state index is 0.367. The number of hydroxylamine groups is 1. The fourth-order valence-corrected chi connectivity index (χ4v) is 0.619. The Morgan fingerprint density at radius 3 is 2.30 bits per heavy atom. The van der Waals surface area contributed by atoms with E-state index in [-0.39, 0.29) is 6.10 Å². The number of aliphatic hydroxyl groups is 2. The summed E-state index contributed by atoms with van der Waals surface area (Å²) in [6.45, 7) is 1.86. The summed E-state index contributed by atoms with van der Waals surface area (Å²) in [5, 5.41) is 25.9. The second-order valence-electron chi connectivity index (χ2n) is 2.28. The van der Waals surface area contributed by atoms with Crippen molar-refractivity contribution in [2.75, 3.05) is 0 Å². The van der Waals surface area contributed by atoms with Crippen molar-refractivity contribution in [2.24, 2.45) is 0 Å². The predicted octanol–water partition coefficient (Wildman–Crippen LogP) is -0.165. The Morgan fingerprint density at radius 1 is 1.30 bits per heavy atom. The van der Waals surface area contributed by atoms with Crippen molar-refractivity contribution >= 4 is 0 Å². The number of hydrogen-bond donors (Lipinski definition) is 4. The number of aliphatic hydroxyl groups excluding tert-OH is 2. The fourth-order valence-electron chi connectivity index (χ4n) is 0.619. The molecule has 0 aromatic carbocycles. The molecule has 4 N–H and O–H groups in total. The van der Waals surface area contributed by atoms with Gasteiger partial charge in [-0.15, -0.1) is 0 Å². The second kappa shape index (κ2) is 5.61. The number of nitrogens with one attached hydrogen (secondary N) is 1. The van der Waals surface area contributed by atoms with Gasteiger partial charge in [0.1, 0.15) is 6.23 Å². The van der Waals surface area contributed by atoms with Crippen LogP contribution >= 0.6 is 0 Å². The monoisotopic (exact) mass is 149 g/mol. The highest BCUT2D eigenvalue weighted by molar-refractivity contribution is 4.54. The van der Waals surface area contributed by atoms with Crippen molar-refractivity contribution in [3.8, 4) is 0 Å². The lowest BCUT2D eigenvalue weighted by Crippen LogP contribution is -2.26. The van der Waals surface area contributed by atoms with E-state index in [4.69, 9.17) is 15.4 Å². The van der Waals surface area contributed by atoms with Crippen LogP contribution in [-0.2, 0) is 0 Å². The normalized spacial score (nSPS) is 16.8. The summed E-state index contributed by atoms with van der Waals surface area (Å²) in [5.74, 6) is 0. The highest BCUT2D eigenvalue weighted by Crippen LogP contribution is 2.01. The lowest BCUT2D eigenvalue weighted by Gasteiger charge is -2.10. The highest BCUT2D eigenvalue weighted by Gasteiger charge is 2.05. The van der Waals surface area contributed by atoms with E-state index in [1.807, 2.05) is 6.92 Å². The first kappa shape index (κ1) is 9.84. The van der Waals surface area contributed by atoms with Crippen molar-refractivity contribution in [2.45, 2.75) is 38.5 Å². The van der Waals surface area contributed by atoms with E-state index in [1.54, 1.807) is 5.48 Å². The summed E-state index contributed by atoms with van der Waals surface area (Å²) < 4.78 is 0. The molecule has 0 fully saturated rings. The predicted molar refractivity (Wildman–Crippen MR) is 36.5 cm³/mol. The Morgan fingerprint density at radius 2 is 1.90 bits per heavy atom. The zero-order valence-electron chi connectivity index (χ0n) is 6.12. The van der Waals surface area contributed by atoms with Crippen molar-refractivity contribution in [3.63, 3.8) is 0 Å². The van der Waals surface area contributed by atoms with Gasteiger partial charge in [0.2, 0.25) is 0 Å². The number of rotatable bonds is 5. The maximum Gasteiger partial charge on any atom is 0.126 e. The van der Waals surface area contributed by atoms with Crippen LogP contribution in [0.3, 0.4) is 0 Å². The van der Waals surface area contributed by atoms with Crippen molar-refractivity contribution in [1.29, 1.82) is 0 Å². The molecule has 0 bridgehead atoms. The van der Waals surface area contributed by atoms with Gasteiger partial charge < -0.3 is 15.4 Å². The molecule has 0 amide bonds. The Kier molecular flexibility index (Phi) is 5.52. The van der Waals surface area contributed by atoms with Crippen LogP contribution in [0.1, 0.15) is 26.2 Å². The lowest BCUT2D eigenvalue weighted by molar-refractivity contribution is -0.0107. The molecule has 0 aliphatic carbocycles. The summed E-state index contributed by atoms with van der Waals surface area (Å²) in [4.78, 5) is 0. The van der Waals surface area contributed by atoms with E-state index in [9.17, 15) is 0 Å². The van der Waals surface area contributed by atoms with Crippen LogP contribution < -0.4 is 5.48 Å². The summed E-state index contributed by atoms with van der Waals surface area (Å²) in [6, 6.07) is 0. The van der Waals surface area contributed by atoms with Gasteiger partial charge in [-0.1, -0.05) is 6.92 Å². The standard InChI is InChI=1S/C6H15NO3/c1-2-5(8)3-4-6(9)7-10/h5-10H,2-4H2,1H3. The van der Waals surface area contributed by atoms with Crippen LogP contribution in [0.4, 0.5) is 0 Å². The van der Waals surface area contributed by atoms with E-state index in [2.05, 4.69) is 0 Å². The SMILES string of the molecule is CCC(O)CCC(O)NO. The molecule has 0 saturated carbocycles. The molecule has 0 saturated heterocycles. The zero-order chi connectivity index (χ0) is 7.98. The van der Waals surface area contributed by atoms with Crippen LogP contribution in [0.2, 0.25) is 0 Å². The van der Waals surface area contributed by atoms with Gasteiger partial charge >= 0.3 is 0 Å². The summed E-state index contributed by atoms with van der Waals surface area (Å²) in [5.41, 5.74) is 1.69. The molecule has 0 heterocycles. The third kappa shape index (κ3) is 4.69. The smallest absolute Gasteiger partial charge is 0.126 e. The minimum Gasteiger partial charge on any atom is -0.393 e. The van der Waals surface area contributed by atoms with Crippen LogP contribution in [0, 0.1) is 0 Å². The van der Waals surface area contributed by atoms with Crippen molar-refractivity contribution in [1.82, 2.24) is 5.48 Å². The topological polar surface area (TPSA) is 72.7 Å². The van der Waals surface area contributed by atoms with Gasteiger partial charge in [-0.3, -0.25) is 0 Å². The van der Waals surface area contributed by atoms with Gasteiger partial charge in [0.05, 0.1) is 6.10 Å². The van der Waals surface area contributed by atoms with Crippen LogP contribution in [0.5, 0.6) is 0 Å². The Bertz CT molecular complexity index is 69.4. The largest absolute Gasteiger partial charge is 0.393 e. The fraction of sp³-hybridized carbons (Fsp3) is 1.00. The molecule has 0 radical (unpaired) electrons. The first-order valence-electron chi connectivity index (χ1n) is 3.46. The van der Waals surface area contributed by atoms with E-state index in [0.29, 0.717) is 19.3 Å². The molecule has 2 atom stereocenters. The molecule has 4 heteroatoms. The second-order valence-corrected chi connectivity index (χ2v) is 2.28. The average Bonchev–Trinajstić information content (AvgIpc) is 1.99. The summed E-state index contributed by atoms with van der Waals surface area (Å²) >= 11 is 0. The third-order valence-corrected chi connectivity index (χ3v) is 1.39. The quantitative estimate of drug-likeness (QED) is 0.323. The Hall–Kier alpha value is -0.160. The van der Waals surface area contributed by atoms with E-state index in [0.717, 1.165) is 0 Å². The molecule has 0 aliphatic heterocycles. The average molecular weight is 149 g/mol. The van der Waals surface area contributed by atoms with Crippen LogP contribution in [0.15, 0.2) is 0 Å². The van der Waals surface area contributed by atoms with Gasteiger partial charge in [0.25, 0.3) is 0 Å². The first-order valence-corrected chi connectivity index (χ1v) is 3.46. The van der Waals surface area contributed by atoms with Gasteiger partial charge in [0.15, 0.2) is 0 Å². The third-order valence-electron chi connectivity index (χ3n) is 1.39. The van der Waals surface area contributed by atoms with Crippen molar-refractivity contribution in [3.05, 3.63) is 0 Å². The molecule has 10 heavy (non-hydrogen) atoms. The summed E-state index contributed by atoms with van der Waals surface area (Å²) in [7, 11) is 0. The highest BCUT2D eigenvalue weighted by atomic mass is 16.5. The van der Waals surface area contributed by atoms with E-state index >= 15 is 0 Å². The van der Waals surface area contributed by atoms with Crippen LogP contribution in [-0.4, -0.2) is 27.8 Å². The van der Waals surface area contributed by atoms with Crippen LogP contribution in [0.25, 0.3) is 0 Å². The lowest BCUT2D eigenvalue weighted by atomic mass is 10.1. The number of hydrogen-bond acceptors (Lipinski definition) is 4. The molecule has 0 aromatic heterocycles. The molecular weight excluding hydrogens is 134 g/mol. The molecule has 0 aromatic rings. The molecule has 4 nitrogen and oxygen atoms in total. The molecule has 62 valence electrons. The van der Waals surface area contributed by atoms with E-state index < -0.39 is 6.23 Å². The molecule has 0 aliphatic rings. The zero-order valence-corrected chi connectivity index (χ0v) is 6.12. The van der Waals surface area contributed by atoms with Gasteiger partial charge in [-0.2, -0.15) is 5.48 Å². The van der Waals surface area contributed by atoms with Gasteiger partial charge in [-0.05, 0) is 19.3 Å². The van der Waals surface area contributed by atoms with Gasteiger partial charge in [-0.25, -0.2) is 0 Å². The Labute approximate surface area is 60.5 Å². The van der Waals surface area contributed by atoms with E-state index in [1.165, 1.54) is 0 Å². The maximum absolute atomic E-state index is 8.98. The Balaban J connectivity index is 3.17. The first-order chi connectivity index (χ1) is 4.70. The molecule has 0 spiro atoms. The maximum atomic E-state index is 8.98. The molecular formula is C6H15NO3. The molecule has 0 rings (SSSR count). The minimum atomic E-state index is -0.916. The van der Waals surface area contributed by atoms with Gasteiger partial charge in [0, 0.05) is 0 Å². The van der Waals surface area contributed by atoms with Crippen molar-refractivity contribution < 1.29 is 15.4 Å².